The number of nitrogens with two attached hydrogens (primary N) is 1. The molecule has 0 amide bonds. The Morgan fingerprint density at radius 1 is 1.29 bits per heavy atom. The zero-order valence-electron chi connectivity index (χ0n) is 9.12. The van der Waals surface area contributed by atoms with E-state index in [0.29, 0.717) is 13.0 Å². The van der Waals surface area contributed by atoms with Gasteiger partial charge in [0.1, 0.15) is 5.82 Å². The standard InChI is InChI=1S/C9H12F3N3O2/c1-16-3-2-4-17-7-5-6(13)14-8(15-7)9(10,11)12/h5H,2-4H2,1H3,(H2,13,14,15). The molecule has 2 N–H and O–H groups in total. The van der Waals surface area contributed by atoms with Crippen LogP contribution in [0.1, 0.15) is 12.2 Å². The molecule has 0 aliphatic heterocycles. The lowest BCUT2D eigenvalue weighted by molar-refractivity contribution is -0.145. The molecule has 0 bridgehead atoms. The molecule has 1 aromatic heterocycles. The van der Waals surface area contributed by atoms with E-state index in [-0.39, 0.29) is 18.3 Å². The van der Waals surface area contributed by atoms with Crippen molar-refractivity contribution >= 4 is 5.82 Å². The van der Waals surface area contributed by atoms with E-state index in [1.54, 1.807) is 0 Å². The molecule has 0 aromatic carbocycles. The van der Waals surface area contributed by atoms with Crippen molar-refractivity contribution in [1.82, 2.24) is 9.97 Å². The molecule has 1 heterocycles. The number of anilines is 1. The molecule has 0 unspecified atom stereocenters. The molecule has 0 atom stereocenters. The van der Waals surface area contributed by atoms with Crippen molar-refractivity contribution in [2.24, 2.45) is 0 Å². The maximum atomic E-state index is 12.3. The third-order valence-corrected chi connectivity index (χ3v) is 1.72. The van der Waals surface area contributed by atoms with E-state index in [0.717, 1.165) is 6.07 Å². The molecule has 0 radical (unpaired) electrons. The van der Waals surface area contributed by atoms with Crippen LogP contribution in [0.15, 0.2) is 6.07 Å². The Bertz CT molecular complexity index is 371. The topological polar surface area (TPSA) is 70.3 Å². The van der Waals surface area contributed by atoms with Gasteiger partial charge in [-0.15, -0.1) is 0 Å². The SMILES string of the molecule is COCCCOc1cc(N)nc(C(F)(F)F)n1. The summed E-state index contributed by atoms with van der Waals surface area (Å²) in [6.07, 6.45) is -4.10. The third-order valence-electron chi connectivity index (χ3n) is 1.72. The van der Waals surface area contributed by atoms with Gasteiger partial charge in [-0.2, -0.15) is 18.2 Å². The minimum atomic E-state index is -4.64. The van der Waals surface area contributed by atoms with Crippen molar-refractivity contribution in [3.63, 3.8) is 0 Å². The van der Waals surface area contributed by atoms with E-state index in [4.69, 9.17) is 15.2 Å². The summed E-state index contributed by atoms with van der Waals surface area (Å²) in [5.41, 5.74) is 5.23. The Labute approximate surface area is 95.8 Å². The average Bonchev–Trinajstić information content (AvgIpc) is 2.22. The van der Waals surface area contributed by atoms with E-state index < -0.39 is 12.0 Å². The first-order valence-electron chi connectivity index (χ1n) is 4.77. The smallest absolute Gasteiger partial charge is 0.451 e. The molecular weight excluding hydrogens is 239 g/mol. The Kier molecular flexibility index (Phi) is 4.50. The number of nitrogens with zero attached hydrogens (tertiary/aromatic N) is 2. The van der Waals surface area contributed by atoms with Crippen LogP contribution >= 0.6 is 0 Å². The van der Waals surface area contributed by atoms with E-state index in [2.05, 4.69) is 9.97 Å². The monoisotopic (exact) mass is 251 g/mol. The van der Waals surface area contributed by atoms with Gasteiger partial charge in [0.05, 0.1) is 6.61 Å². The molecule has 0 aliphatic rings. The number of halogens is 3. The molecule has 0 fully saturated rings. The Hall–Kier alpha value is -1.57. The lowest BCUT2D eigenvalue weighted by Crippen LogP contribution is -2.14. The minimum absolute atomic E-state index is 0.194. The molecule has 96 valence electrons. The number of ether oxygens (including phenoxy) is 2. The second-order valence-corrected chi connectivity index (χ2v) is 3.15. The lowest BCUT2D eigenvalue weighted by Gasteiger charge is -2.09. The second kappa shape index (κ2) is 5.67. The first kappa shape index (κ1) is 13.5. The summed E-state index contributed by atoms with van der Waals surface area (Å²) in [6.45, 7) is 0.647. The zero-order valence-corrected chi connectivity index (χ0v) is 9.12. The first-order chi connectivity index (χ1) is 7.93. The number of hydrogen-bond donors (Lipinski definition) is 1. The van der Waals surface area contributed by atoms with Gasteiger partial charge in [-0.1, -0.05) is 0 Å². The molecule has 5 nitrogen and oxygen atoms in total. The lowest BCUT2D eigenvalue weighted by atomic mass is 10.4. The highest BCUT2D eigenvalue weighted by molar-refractivity contribution is 5.33. The first-order valence-corrected chi connectivity index (χ1v) is 4.77. The van der Waals surface area contributed by atoms with Gasteiger partial charge in [-0.05, 0) is 0 Å². The van der Waals surface area contributed by atoms with Crippen LogP contribution in [0, 0.1) is 0 Å². The fourth-order valence-electron chi connectivity index (χ4n) is 1.02. The van der Waals surface area contributed by atoms with Crippen molar-refractivity contribution < 1.29 is 22.6 Å². The molecule has 1 aromatic rings. The average molecular weight is 251 g/mol. The summed E-state index contributed by atoms with van der Waals surface area (Å²) < 4.78 is 46.8. The molecule has 1 rings (SSSR count). The van der Waals surface area contributed by atoms with E-state index >= 15 is 0 Å². The number of hydrogen-bond acceptors (Lipinski definition) is 5. The predicted octanol–water partition coefficient (Wildman–Crippen LogP) is 1.49. The number of alkyl halides is 3. The van der Waals surface area contributed by atoms with Crippen molar-refractivity contribution in [2.75, 3.05) is 26.1 Å². The van der Waals surface area contributed by atoms with Gasteiger partial charge in [0.25, 0.3) is 0 Å². The molecule has 0 spiro atoms. The summed E-state index contributed by atoms with van der Waals surface area (Å²) in [5, 5.41) is 0. The highest BCUT2D eigenvalue weighted by Gasteiger charge is 2.35. The van der Waals surface area contributed by atoms with Crippen LogP contribution < -0.4 is 10.5 Å². The van der Waals surface area contributed by atoms with E-state index in [1.165, 1.54) is 7.11 Å². The van der Waals surface area contributed by atoms with Gasteiger partial charge in [0.15, 0.2) is 0 Å². The van der Waals surface area contributed by atoms with Gasteiger partial charge in [0.2, 0.25) is 11.7 Å². The van der Waals surface area contributed by atoms with Gasteiger partial charge in [-0.25, -0.2) is 4.98 Å². The summed E-state index contributed by atoms with van der Waals surface area (Å²) in [4.78, 5) is 6.31. The van der Waals surface area contributed by atoms with Crippen LogP contribution in [-0.2, 0) is 10.9 Å². The van der Waals surface area contributed by atoms with Crippen LogP contribution in [0.3, 0.4) is 0 Å². The maximum absolute atomic E-state index is 12.3. The fourth-order valence-corrected chi connectivity index (χ4v) is 1.02. The minimum Gasteiger partial charge on any atom is -0.477 e. The van der Waals surface area contributed by atoms with Gasteiger partial charge >= 0.3 is 6.18 Å². The van der Waals surface area contributed by atoms with Crippen LogP contribution in [0.4, 0.5) is 19.0 Å². The summed E-state index contributed by atoms with van der Waals surface area (Å²) in [6, 6.07) is 1.14. The van der Waals surface area contributed by atoms with Crippen molar-refractivity contribution in [2.45, 2.75) is 12.6 Å². The highest BCUT2D eigenvalue weighted by Crippen LogP contribution is 2.28. The Morgan fingerprint density at radius 3 is 2.59 bits per heavy atom. The van der Waals surface area contributed by atoms with Gasteiger partial charge in [-0.3, -0.25) is 0 Å². The number of rotatable bonds is 5. The summed E-state index contributed by atoms with van der Waals surface area (Å²) >= 11 is 0. The van der Waals surface area contributed by atoms with E-state index in [9.17, 15) is 13.2 Å². The highest BCUT2D eigenvalue weighted by atomic mass is 19.4. The zero-order chi connectivity index (χ0) is 12.9. The predicted molar refractivity (Wildman–Crippen MR) is 53.4 cm³/mol. The third kappa shape index (κ3) is 4.43. The summed E-state index contributed by atoms with van der Waals surface area (Å²) in [5.74, 6) is -1.78. The van der Waals surface area contributed by atoms with Crippen LogP contribution in [-0.4, -0.2) is 30.3 Å². The maximum Gasteiger partial charge on any atom is 0.451 e. The molecule has 0 aliphatic carbocycles. The van der Waals surface area contributed by atoms with Crippen LogP contribution in [0.5, 0.6) is 5.88 Å². The number of methoxy groups -OCH3 is 1. The molecular formula is C9H12F3N3O2. The van der Waals surface area contributed by atoms with Crippen molar-refractivity contribution in [1.29, 1.82) is 0 Å². The van der Waals surface area contributed by atoms with Gasteiger partial charge < -0.3 is 15.2 Å². The molecule has 0 saturated carbocycles. The normalized spacial score (nSPS) is 11.5. The fraction of sp³-hybridized carbons (Fsp3) is 0.556. The molecule has 17 heavy (non-hydrogen) atoms. The Balaban J connectivity index is 2.69. The largest absolute Gasteiger partial charge is 0.477 e. The Morgan fingerprint density at radius 2 is 2.00 bits per heavy atom. The van der Waals surface area contributed by atoms with Crippen LogP contribution in [0.25, 0.3) is 0 Å². The van der Waals surface area contributed by atoms with Crippen LogP contribution in [0.2, 0.25) is 0 Å². The molecule has 8 heteroatoms. The molecule has 0 saturated heterocycles. The van der Waals surface area contributed by atoms with Gasteiger partial charge in [0, 0.05) is 26.2 Å². The quantitative estimate of drug-likeness (QED) is 0.803. The number of nitrogen functional groups attached to an aromatic ring is 1. The second-order valence-electron chi connectivity index (χ2n) is 3.15. The van der Waals surface area contributed by atoms with Crippen molar-refractivity contribution in [3.05, 3.63) is 11.9 Å². The summed E-state index contributed by atoms with van der Waals surface area (Å²) in [7, 11) is 1.52. The van der Waals surface area contributed by atoms with Crippen molar-refractivity contribution in [3.8, 4) is 5.88 Å². The number of aromatic nitrogens is 2. The van der Waals surface area contributed by atoms with E-state index in [1.807, 2.05) is 0 Å².